The monoisotopic (exact) mass is 897 g/mol. The molecular weight excluding hydrogens is 885 g/mol. The van der Waals surface area contributed by atoms with E-state index in [0.717, 1.165) is 0 Å². The first-order chi connectivity index (χ1) is 25.3. The van der Waals surface area contributed by atoms with E-state index < -0.39 is 195 Å². The van der Waals surface area contributed by atoms with Crippen molar-refractivity contribution in [2.45, 2.75) is 49.4 Å². The van der Waals surface area contributed by atoms with Crippen molar-refractivity contribution in [2.24, 2.45) is 0 Å². The summed E-state index contributed by atoms with van der Waals surface area (Å²) < 4.78 is 341. The summed E-state index contributed by atoms with van der Waals surface area (Å²) in [7, 11) is 0. The molecule has 4 aromatic rings. The quantitative estimate of drug-likeness (QED) is 0.145. The van der Waals surface area contributed by atoms with Gasteiger partial charge >= 0.3 is 79.0 Å². The van der Waals surface area contributed by atoms with Crippen molar-refractivity contribution in [3.05, 3.63) is 117 Å². The Morgan fingerprint density at radius 1 is 0.220 bits per heavy atom. The van der Waals surface area contributed by atoms with Gasteiger partial charge in [0.15, 0.2) is 0 Å². The van der Waals surface area contributed by atoms with Crippen LogP contribution in [-0.2, 0) is 49.4 Å². The van der Waals surface area contributed by atoms with Gasteiger partial charge in [-0.25, -0.2) is 0 Å². The molecule has 0 nitrogen and oxygen atoms in total. The number of rotatable bonds is 4. The Bertz CT molecular complexity index is 1710. The third-order valence-corrected chi connectivity index (χ3v) is 8.44. The van der Waals surface area contributed by atoms with E-state index in [1.807, 2.05) is 0 Å². The normalized spacial score (nSPS) is 13.8. The van der Waals surface area contributed by atoms with Crippen LogP contribution in [0.1, 0.15) is 44.5 Å². The Morgan fingerprint density at radius 3 is 0.407 bits per heavy atom. The van der Waals surface area contributed by atoms with Gasteiger partial charge in [-0.1, -0.05) is 48.5 Å². The van der Waals surface area contributed by atoms with Gasteiger partial charge in [-0.2, -0.15) is 127 Å². The smallest absolute Gasteiger partial charge is 0.194 e. The largest absolute Gasteiger partial charge is 1.00 e. The predicted octanol–water partition coefficient (Wildman–Crippen LogP) is 7.84. The molecule has 0 aliphatic carbocycles. The zero-order valence-electron chi connectivity index (χ0n) is 28.2. The summed E-state index contributed by atoms with van der Waals surface area (Å²) in [5.41, 5.74) is -30.2. The zero-order valence-corrected chi connectivity index (χ0v) is 30.2. The van der Waals surface area contributed by atoms with Gasteiger partial charge in [0, 0.05) is 8.41 Å². The number of halogens is 24. The minimum atomic E-state index is -6.13. The van der Waals surface area contributed by atoms with Crippen molar-refractivity contribution in [3.63, 3.8) is 0 Å². The van der Waals surface area contributed by atoms with Crippen LogP contribution in [0.5, 0.6) is 0 Å². The molecule has 0 saturated carbocycles. The van der Waals surface area contributed by atoms with Gasteiger partial charge in [0.05, 0.1) is 44.5 Å². The molecule has 0 unspecified atom stereocenters. The maximum absolute atomic E-state index is 14.2. The Morgan fingerprint density at radius 2 is 0.322 bits per heavy atom. The second-order valence-corrected chi connectivity index (χ2v) is 12.2. The fourth-order valence-electron chi connectivity index (χ4n) is 6.07. The summed E-state index contributed by atoms with van der Waals surface area (Å²) in [4.78, 5) is 0. The van der Waals surface area contributed by atoms with Crippen LogP contribution in [0.25, 0.3) is 0 Å². The second kappa shape index (κ2) is 16.0. The van der Waals surface area contributed by atoms with Crippen LogP contribution in [0, 0.1) is 0 Å². The van der Waals surface area contributed by atoms with Crippen molar-refractivity contribution in [1.82, 2.24) is 0 Å². The first-order valence-electron chi connectivity index (χ1n) is 14.6. The summed E-state index contributed by atoms with van der Waals surface area (Å²) in [5, 5.41) is 0. The maximum Gasteiger partial charge on any atom is 1.00 e. The summed E-state index contributed by atoms with van der Waals surface area (Å²) in [6.45, 7) is 0. The van der Waals surface area contributed by atoms with Gasteiger partial charge in [0.1, 0.15) is 6.15 Å². The SMILES string of the molecule is FC(F)(F)c1cc([B-](c2cc(C(F)(F)F)cc(C(F)(F)F)c2)(c2cc(C(F)(F)F)cc(C(F)(F)F)c2)c2cc(C(F)(F)F)cc(C(F)(F)F)c2)cc(C(F)(F)F)c1.[B].[Na+]. The minimum Gasteiger partial charge on any atom is -0.194 e. The van der Waals surface area contributed by atoms with E-state index in [0.29, 0.717) is 0 Å². The Balaban J connectivity index is 0.00000600. The van der Waals surface area contributed by atoms with Gasteiger partial charge in [0.2, 0.25) is 0 Å². The molecule has 4 aromatic carbocycles. The van der Waals surface area contributed by atoms with Crippen LogP contribution in [0.4, 0.5) is 105 Å². The third kappa shape index (κ3) is 11.0. The summed E-state index contributed by atoms with van der Waals surface area (Å²) in [6.07, 6.45) is -54.8. The fraction of sp³-hybridized carbons (Fsp3) is 0.250. The van der Waals surface area contributed by atoms with Crippen LogP contribution >= 0.6 is 0 Å². The zero-order chi connectivity index (χ0) is 43.9. The molecule has 0 amide bonds. The van der Waals surface area contributed by atoms with Gasteiger partial charge in [-0.15, -0.1) is 0 Å². The average Bonchev–Trinajstić information content (AvgIpc) is 3.01. The summed E-state index contributed by atoms with van der Waals surface area (Å²) in [5.74, 6) is 0. The Kier molecular flexibility index (Phi) is 13.9. The predicted molar refractivity (Wildman–Crippen MR) is 156 cm³/mol. The van der Waals surface area contributed by atoms with E-state index in [9.17, 15) is 105 Å². The summed E-state index contributed by atoms with van der Waals surface area (Å²) >= 11 is 0. The van der Waals surface area contributed by atoms with E-state index in [2.05, 4.69) is 0 Å². The van der Waals surface area contributed by atoms with E-state index in [1.54, 1.807) is 0 Å². The number of hydrogen-bond acceptors (Lipinski definition) is 0. The molecule has 0 aliphatic rings. The minimum absolute atomic E-state index is 0. The molecule has 0 fully saturated rings. The molecule has 4 rings (SSSR count). The molecule has 0 bridgehead atoms. The molecule has 315 valence electrons. The van der Waals surface area contributed by atoms with Crippen LogP contribution in [0.2, 0.25) is 0 Å². The van der Waals surface area contributed by atoms with Crippen molar-refractivity contribution < 1.29 is 135 Å². The van der Waals surface area contributed by atoms with E-state index in [1.165, 1.54) is 0 Å². The number of benzene rings is 4. The number of alkyl halides is 24. The first-order valence-corrected chi connectivity index (χ1v) is 14.6. The Hall–Kier alpha value is -3.67. The molecule has 0 heterocycles. The van der Waals surface area contributed by atoms with Crippen LogP contribution in [-0.4, -0.2) is 14.6 Å². The standard InChI is InChI=1S/C32H12BF24.B.Na/c34-25(35,36)13-1-14(26(37,38)39)6-21(5-13)33(22-7-15(27(40,41)42)2-16(8-22)28(43,44)45,23-9-17(29(46,47)48)3-18(10-23)30(49,50)51)24-11-19(31(52,53)54)4-20(12-24)32(55,56)57;;/h1-12H;;/q-1;;+1. The molecule has 0 saturated heterocycles. The van der Waals surface area contributed by atoms with Crippen molar-refractivity contribution >= 4 is 36.4 Å². The number of hydrogen-bond donors (Lipinski definition) is 0. The molecule has 59 heavy (non-hydrogen) atoms. The van der Waals surface area contributed by atoms with Crippen molar-refractivity contribution in [1.29, 1.82) is 0 Å². The second-order valence-electron chi connectivity index (χ2n) is 12.2. The van der Waals surface area contributed by atoms with E-state index in [-0.39, 0.29) is 38.0 Å². The maximum atomic E-state index is 14.2. The van der Waals surface area contributed by atoms with Gasteiger partial charge < -0.3 is 0 Å². The topological polar surface area (TPSA) is 0 Å². The molecule has 0 aliphatic heterocycles. The van der Waals surface area contributed by atoms with Gasteiger partial charge in [-0.3, -0.25) is 0 Å². The van der Waals surface area contributed by atoms with Crippen LogP contribution in [0.3, 0.4) is 0 Å². The fourth-order valence-corrected chi connectivity index (χ4v) is 6.07. The molecule has 3 radical (unpaired) electrons. The molecule has 27 heteroatoms. The van der Waals surface area contributed by atoms with Crippen molar-refractivity contribution in [3.8, 4) is 0 Å². The molecule has 0 aromatic heterocycles. The molecule has 0 N–H and O–H groups in total. The van der Waals surface area contributed by atoms with Crippen LogP contribution in [0.15, 0.2) is 72.8 Å². The van der Waals surface area contributed by atoms with E-state index >= 15 is 0 Å². The first kappa shape index (κ1) is 51.5. The molecule has 0 spiro atoms. The van der Waals surface area contributed by atoms with Crippen molar-refractivity contribution in [2.75, 3.05) is 0 Å². The van der Waals surface area contributed by atoms with E-state index in [4.69, 9.17) is 0 Å². The molecule has 0 atom stereocenters. The summed E-state index contributed by atoms with van der Waals surface area (Å²) in [6, 6.07) is -8.81. The van der Waals surface area contributed by atoms with Gasteiger partial charge in [-0.05, 0) is 24.3 Å². The van der Waals surface area contributed by atoms with Gasteiger partial charge in [0.25, 0.3) is 0 Å². The Labute approximate surface area is 337 Å². The average molecular weight is 897 g/mol. The molecular formula is C32H12B2F24Na. The third-order valence-electron chi connectivity index (χ3n) is 8.44. The van der Waals surface area contributed by atoms with Crippen LogP contribution < -0.4 is 51.4 Å².